The van der Waals surface area contributed by atoms with E-state index in [-0.39, 0.29) is 17.1 Å². The summed E-state index contributed by atoms with van der Waals surface area (Å²) in [6, 6.07) is 11.3. The summed E-state index contributed by atoms with van der Waals surface area (Å²) in [4.78, 5) is 23.8. The van der Waals surface area contributed by atoms with Crippen LogP contribution in [-0.4, -0.2) is 23.0 Å². The number of benzene rings is 2. The average molecular weight is 468 g/mol. The molecule has 1 heterocycles. The van der Waals surface area contributed by atoms with Crippen LogP contribution >= 0.6 is 12.0 Å². The maximum atomic E-state index is 13.5. The molecule has 0 aliphatic heterocycles. The van der Waals surface area contributed by atoms with Gasteiger partial charge in [0.05, 0.1) is 30.4 Å². The van der Waals surface area contributed by atoms with Gasteiger partial charge in [-0.2, -0.15) is 17.5 Å². The van der Waals surface area contributed by atoms with Gasteiger partial charge in [0.15, 0.2) is 5.82 Å². The number of alkyl halides is 3. The van der Waals surface area contributed by atoms with Crippen LogP contribution in [0.15, 0.2) is 53.4 Å². The van der Waals surface area contributed by atoms with Gasteiger partial charge in [-0.1, -0.05) is 24.3 Å². The number of carbonyl (C=O) groups excluding carboxylic acids is 1. The Labute approximate surface area is 184 Å². The maximum absolute atomic E-state index is 13.5. The Balaban J connectivity index is 2.22. The second kappa shape index (κ2) is 9.94. The van der Waals surface area contributed by atoms with Gasteiger partial charge in [0.1, 0.15) is 5.82 Å². The molecule has 2 N–H and O–H groups in total. The van der Waals surface area contributed by atoms with Crippen LogP contribution in [-0.2, 0) is 20.2 Å². The molecule has 3 rings (SSSR count). The summed E-state index contributed by atoms with van der Waals surface area (Å²) < 4.78 is 58.8. The van der Waals surface area contributed by atoms with Crippen molar-refractivity contribution in [3.8, 4) is 22.4 Å². The van der Waals surface area contributed by atoms with Crippen molar-refractivity contribution in [1.29, 1.82) is 0 Å². The quantitative estimate of drug-likeness (QED) is 0.218. The molecule has 0 fully saturated rings. The van der Waals surface area contributed by atoms with Crippen LogP contribution in [0.1, 0.15) is 12.7 Å². The van der Waals surface area contributed by atoms with Gasteiger partial charge in [-0.25, -0.2) is 19.2 Å². The SMILES string of the molecule is COOSc1ccc(-c2nc(C(F)(F)F)nc(NNC(C)=O)c2-c2ccc(F)cc2)cc1. The number of halogens is 4. The minimum atomic E-state index is -4.86. The molecular formula is C20H16F4N4O3S. The standard InChI is InChI=1S/C20H16F4N4O3S/c1-11(29)27-28-18-16(12-3-7-14(21)8-4-12)17(25-19(26-18)20(22,23)24)13-5-9-15(10-6-13)32-31-30-2/h3-10H,1-2H3,(H,27,29)(H,25,26,28). The van der Waals surface area contributed by atoms with Crippen LogP contribution in [0, 0.1) is 5.82 Å². The smallest absolute Gasteiger partial charge is 0.281 e. The van der Waals surface area contributed by atoms with Crippen molar-refractivity contribution in [3.05, 3.63) is 60.2 Å². The summed E-state index contributed by atoms with van der Waals surface area (Å²) in [5.74, 6) is -2.79. The number of rotatable bonds is 7. The van der Waals surface area contributed by atoms with Crippen LogP contribution in [0.5, 0.6) is 0 Å². The molecule has 12 heteroatoms. The second-order valence-electron chi connectivity index (χ2n) is 6.27. The lowest BCUT2D eigenvalue weighted by atomic mass is 9.99. The monoisotopic (exact) mass is 468 g/mol. The topological polar surface area (TPSA) is 85.4 Å². The maximum Gasteiger partial charge on any atom is 0.451 e. The Morgan fingerprint density at radius 2 is 1.62 bits per heavy atom. The third kappa shape index (κ3) is 5.72. The first-order valence-electron chi connectivity index (χ1n) is 8.94. The van der Waals surface area contributed by atoms with Crippen LogP contribution in [0.4, 0.5) is 23.4 Å². The highest BCUT2D eigenvalue weighted by Gasteiger charge is 2.37. The zero-order valence-electron chi connectivity index (χ0n) is 16.7. The van der Waals surface area contributed by atoms with Crippen molar-refractivity contribution in [2.75, 3.05) is 12.5 Å². The minimum absolute atomic E-state index is 0.0732. The Morgan fingerprint density at radius 1 is 1.00 bits per heavy atom. The van der Waals surface area contributed by atoms with Crippen LogP contribution in [0.25, 0.3) is 22.4 Å². The molecular weight excluding hydrogens is 452 g/mol. The van der Waals surface area contributed by atoms with Crippen LogP contribution in [0.2, 0.25) is 0 Å². The lowest BCUT2D eigenvalue weighted by molar-refractivity contribution is -0.160. The number of nitrogens with one attached hydrogen (secondary N) is 2. The van der Waals surface area contributed by atoms with E-state index in [1.165, 1.54) is 26.2 Å². The van der Waals surface area contributed by atoms with E-state index in [0.29, 0.717) is 16.0 Å². The van der Waals surface area contributed by atoms with Crippen molar-refractivity contribution in [2.45, 2.75) is 18.0 Å². The first kappa shape index (κ1) is 23.4. The third-order valence-electron chi connectivity index (χ3n) is 3.98. The van der Waals surface area contributed by atoms with Gasteiger partial charge in [0, 0.05) is 17.4 Å². The van der Waals surface area contributed by atoms with Gasteiger partial charge in [-0.15, -0.1) is 0 Å². The second-order valence-corrected chi connectivity index (χ2v) is 7.05. The predicted octanol–water partition coefficient (Wildman–Crippen LogP) is 5.02. The molecule has 2 aromatic carbocycles. The summed E-state index contributed by atoms with van der Waals surface area (Å²) in [7, 11) is 1.33. The minimum Gasteiger partial charge on any atom is -0.281 e. The van der Waals surface area contributed by atoms with Crippen molar-refractivity contribution in [3.63, 3.8) is 0 Å². The molecule has 0 saturated heterocycles. The molecule has 0 atom stereocenters. The number of hydrogen-bond donors (Lipinski definition) is 2. The number of amides is 1. The average Bonchev–Trinajstić information content (AvgIpc) is 2.76. The summed E-state index contributed by atoms with van der Waals surface area (Å²) in [6.45, 7) is 1.18. The number of hydrazine groups is 1. The van der Waals surface area contributed by atoms with E-state index in [1.807, 2.05) is 0 Å². The molecule has 168 valence electrons. The normalized spacial score (nSPS) is 11.3. The summed E-state index contributed by atoms with van der Waals surface area (Å²) in [5, 5.41) is 0. The number of nitrogens with zero attached hydrogens (tertiary/aromatic N) is 2. The van der Waals surface area contributed by atoms with E-state index < -0.39 is 23.7 Å². The van der Waals surface area contributed by atoms with E-state index in [0.717, 1.165) is 24.2 Å². The fourth-order valence-electron chi connectivity index (χ4n) is 2.67. The molecule has 1 aromatic heterocycles. The van der Waals surface area contributed by atoms with E-state index in [4.69, 9.17) is 4.33 Å². The van der Waals surface area contributed by atoms with Crippen molar-refractivity contribution < 1.29 is 31.6 Å². The first-order chi connectivity index (χ1) is 15.2. The number of carbonyl (C=O) groups is 1. The van der Waals surface area contributed by atoms with Crippen molar-refractivity contribution in [2.24, 2.45) is 0 Å². The lowest BCUT2D eigenvalue weighted by Crippen LogP contribution is -2.28. The zero-order chi connectivity index (χ0) is 23.3. The van der Waals surface area contributed by atoms with Gasteiger partial charge >= 0.3 is 6.18 Å². The number of hydrogen-bond acceptors (Lipinski definition) is 7. The highest BCUT2D eigenvalue weighted by atomic mass is 32.2. The molecule has 0 unspecified atom stereocenters. The molecule has 0 aliphatic rings. The molecule has 0 spiro atoms. The van der Waals surface area contributed by atoms with Crippen LogP contribution < -0.4 is 10.9 Å². The van der Waals surface area contributed by atoms with Gasteiger partial charge < -0.3 is 0 Å². The molecule has 32 heavy (non-hydrogen) atoms. The summed E-state index contributed by atoms with van der Waals surface area (Å²) >= 11 is 0.912. The number of anilines is 1. The molecule has 0 radical (unpaired) electrons. The predicted molar refractivity (Wildman–Crippen MR) is 109 cm³/mol. The molecule has 3 aromatic rings. The Hall–Kier alpha value is -3.22. The first-order valence-corrected chi connectivity index (χ1v) is 9.68. The van der Waals surface area contributed by atoms with Gasteiger partial charge in [0.2, 0.25) is 11.7 Å². The summed E-state index contributed by atoms with van der Waals surface area (Å²) in [6.07, 6.45) is -4.86. The molecule has 7 nitrogen and oxygen atoms in total. The molecule has 1 amide bonds. The van der Waals surface area contributed by atoms with E-state index in [9.17, 15) is 22.4 Å². The summed E-state index contributed by atoms with van der Waals surface area (Å²) in [5.41, 5.74) is 5.35. The highest BCUT2D eigenvalue weighted by Crippen LogP contribution is 2.39. The highest BCUT2D eigenvalue weighted by molar-refractivity contribution is 7.94. The van der Waals surface area contributed by atoms with Crippen molar-refractivity contribution in [1.82, 2.24) is 15.4 Å². The van der Waals surface area contributed by atoms with Gasteiger partial charge in [-0.3, -0.25) is 15.6 Å². The zero-order valence-corrected chi connectivity index (χ0v) is 17.5. The van der Waals surface area contributed by atoms with Crippen molar-refractivity contribution >= 4 is 23.8 Å². The van der Waals surface area contributed by atoms with E-state index in [1.54, 1.807) is 24.3 Å². The number of aromatic nitrogens is 2. The largest absolute Gasteiger partial charge is 0.451 e. The Kier molecular flexibility index (Phi) is 7.28. The van der Waals surface area contributed by atoms with E-state index in [2.05, 4.69) is 25.7 Å². The van der Waals surface area contributed by atoms with Crippen LogP contribution in [0.3, 0.4) is 0 Å². The molecule has 0 aliphatic carbocycles. The van der Waals surface area contributed by atoms with Gasteiger partial charge in [0.25, 0.3) is 0 Å². The lowest BCUT2D eigenvalue weighted by Gasteiger charge is -2.18. The fourth-order valence-corrected chi connectivity index (χ4v) is 3.06. The Bertz CT molecular complexity index is 1090. The molecule has 0 bridgehead atoms. The van der Waals surface area contributed by atoms with Gasteiger partial charge in [-0.05, 0) is 29.8 Å². The van der Waals surface area contributed by atoms with E-state index >= 15 is 0 Å². The molecule has 0 saturated carbocycles. The third-order valence-corrected chi connectivity index (χ3v) is 4.65. The fraction of sp³-hybridized carbons (Fsp3) is 0.150. The Morgan fingerprint density at radius 3 is 2.19 bits per heavy atom.